The molecule has 0 aliphatic rings. The van der Waals surface area contributed by atoms with Crippen molar-refractivity contribution in [3.05, 3.63) is 29.6 Å². The van der Waals surface area contributed by atoms with Crippen LogP contribution in [0.2, 0.25) is 0 Å². The van der Waals surface area contributed by atoms with E-state index < -0.39 is 15.8 Å². The average Bonchev–Trinajstić information content (AvgIpc) is 2.45. The summed E-state index contributed by atoms with van der Waals surface area (Å²) in [6.07, 6.45) is 0.649. The van der Waals surface area contributed by atoms with Gasteiger partial charge in [-0.1, -0.05) is 19.9 Å². The van der Waals surface area contributed by atoms with E-state index in [1.54, 1.807) is 12.1 Å². The second-order valence-corrected chi connectivity index (χ2v) is 7.44. The molecule has 126 valence electrons. The Hall–Kier alpha value is -1.18. The first kappa shape index (κ1) is 18.9. The second kappa shape index (κ2) is 9.07. The van der Waals surface area contributed by atoms with Crippen molar-refractivity contribution in [1.82, 2.24) is 4.72 Å². The lowest BCUT2D eigenvalue weighted by atomic mass is 10.1. The molecule has 2 N–H and O–H groups in total. The summed E-state index contributed by atoms with van der Waals surface area (Å²) in [6, 6.07) is 4.53. The summed E-state index contributed by atoms with van der Waals surface area (Å²) in [5, 5.41) is 8.64. The number of benzene rings is 1. The van der Waals surface area contributed by atoms with E-state index in [4.69, 9.17) is 9.84 Å². The molecule has 0 saturated heterocycles. The SMILES string of the molecule is CC(C)COc1cc(CCNS(=O)(=O)CCCO)ccc1F. The fourth-order valence-electron chi connectivity index (χ4n) is 1.75. The molecule has 1 aromatic carbocycles. The van der Waals surface area contributed by atoms with Gasteiger partial charge < -0.3 is 9.84 Å². The van der Waals surface area contributed by atoms with Gasteiger partial charge in [0.2, 0.25) is 10.0 Å². The number of aliphatic hydroxyl groups excluding tert-OH is 1. The molecule has 7 heteroatoms. The molecular formula is C15H24FNO4S. The standard InChI is InChI=1S/C15H24FNO4S/c1-12(2)11-21-15-10-13(4-5-14(15)16)6-7-17-22(19,20)9-3-8-18/h4-5,10,12,17-18H,3,6-9,11H2,1-2H3. The number of aliphatic hydroxyl groups is 1. The summed E-state index contributed by atoms with van der Waals surface area (Å²) in [7, 11) is -3.37. The van der Waals surface area contributed by atoms with Crippen molar-refractivity contribution in [3.8, 4) is 5.75 Å². The molecule has 0 aliphatic heterocycles. The Morgan fingerprint density at radius 1 is 1.36 bits per heavy atom. The molecule has 22 heavy (non-hydrogen) atoms. The number of sulfonamides is 1. The van der Waals surface area contributed by atoms with Crippen molar-refractivity contribution in [3.63, 3.8) is 0 Å². The molecule has 0 unspecified atom stereocenters. The lowest BCUT2D eigenvalue weighted by Crippen LogP contribution is -2.28. The van der Waals surface area contributed by atoms with Gasteiger partial charge in [-0.25, -0.2) is 17.5 Å². The minimum atomic E-state index is -3.37. The van der Waals surface area contributed by atoms with Crippen LogP contribution in [0.3, 0.4) is 0 Å². The summed E-state index contributed by atoms with van der Waals surface area (Å²) in [5.74, 6) is -0.0426. The molecule has 0 fully saturated rings. The molecule has 1 aromatic rings. The average molecular weight is 333 g/mol. The largest absolute Gasteiger partial charge is 0.490 e. The molecule has 0 aromatic heterocycles. The lowest BCUT2D eigenvalue weighted by molar-refractivity contribution is 0.259. The van der Waals surface area contributed by atoms with Gasteiger partial charge in [-0.2, -0.15) is 0 Å². The molecule has 0 aliphatic carbocycles. The van der Waals surface area contributed by atoms with E-state index in [0.717, 1.165) is 5.56 Å². The third-order valence-corrected chi connectivity index (χ3v) is 4.34. The van der Waals surface area contributed by atoms with E-state index in [-0.39, 0.29) is 31.1 Å². The monoisotopic (exact) mass is 333 g/mol. The maximum atomic E-state index is 13.6. The normalized spacial score (nSPS) is 11.9. The molecule has 0 bridgehead atoms. The van der Waals surface area contributed by atoms with Crippen molar-refractivity contribution in [1.29, 1.82) is 0 Å². The van der Waals surface area contributed by atoms with E-state index in [1.165, 1.54) is 6.07 Å². The maximum Gasteiger partial charge on any atom is 0.211 e. The highest BCUT2D eigenvalue weighted by Gasteiger charge is 2.10. The highest BCUT2D eigenvalue weighted by Crippen LogP contribution is 2.19. The molecule has 0 saturated carbocycles. The fourth-order valence-corrected chi connectivity index (χ4v) is 2.81. The van der Waals surface area contributed by atoms with Crippen LogP contribution < -0.4 is 9.46 Å². The number of rotatable bonds is 10. The third-order valence-electron chi connectivity index (χ3n) is 2.87. The Balaban J connectivity index is 2.54. The van der Waals surface area contributed by atoms with Crippen molar-refractivity contribution in [2.75, 3.05) is 25.5 Å². The van der Waals surface area contributed by atoms with E-state index in [2.05, 4.69) is 4.72 Å². The minimum Gasteiger partial charge on any atom is -0.490 e. The molecular weight excluding hydrogens is 309 g/mol. The van der Waals surface area contributed by atoms with Crippen molar-refractivity contribution in [2.24, 2.45) is 5.92 Å². The maximum absolute atomic E-state index is 13.6. The van der Waals surface area contributed by atoms with Crippen molar-refractivity contribution < 1.29 is 22.7 Å². The molecule has 0 heterocycles. The quantitative estimate of drug-likeness (QED) is 0.683. The van der Waals surface area contributed by atoms with E-state index >= 15 is 0 Å². The zero-order chi connectivity index (χ0) is 16.6. The number of hydrogen-bond donors (Lipinski definition) is 2. The topological polar surface area (TPSA) is 75.6 Å². The van der Waals surface area contributed by atoms with E-state index in [9.17, 15) is 12.8 Å². The van der Waals surface area contributed by atoms with Crippen LogP contribution >= 0.6 is 0 Å². The number of nitrogens with one attached hydrogen (secondary N) is 1. The summed E-state index contributed by atoms with van der Waals surface area (Å²) in [5.41, 5.74) is 0.796. The van der Waals surface area contributed by atoms with Crippen LogP contribution in [0.25, 0.3) is 0 Å². The van der Waals surface area contributed by atoms with Gasteiger partial charge in [0.1, 0.15) is 0 Å². The van der Waals surface area contributed by atoms with Gasteiger partial charge in [0.25, 0.3) is 0 Å². The Bertz CT molecular complexity index is 561. The predicted molar refractivity (Wildman–Crippen MR) is 83.9 cm³/mol. The minimum absolute atomic E-state index is 0.102. The molecule has 0 radical (unpaired) electrons. The highest BCUT2D eigenvalue weighted by atomic mass is 32.2. The number of hydrogen-bond acceptors (Lipinski definition) is 4. The van der Waals surface area contributed by atoms with Crippen LogP contribution in [0.4, 0.5) is 4.39 Å². The van der Waals surface area contributed by atoms with Crippen LogP contribution in [0.1, 0.15) is 25.8 Å². The second-order valence-electron chi connectivity index (χ2n) is 5.51. The molecule has 1 rings (SSSR count). The first-order valence-electron chi connectivity index (χ1n) is 7.33. The summed E-state index contributed by atoms with van der Waals surface area (Å²) in [6.45, 7) is 4.44. The predicted octanol–water partition coefficient (Wildman–Crippen LogP) is 1.70. The summed E-state index contributed by atoms with van der Waals surface area (Å²) in [4.78, 5) is 0. The first-order valence-corrected chi connectivity index (χ1v) is 8.98. The molecule has 0 spiro atoms. The molecule has 5 nitrogen and oxygen atoms in total. The smallest absolute Gasteiger partial charge is 0.211 e. The van der Waals surface area contributed by atoms with Crippen molar-refractivity contribution >= 4 is 10.0 Å². The third kappa shape index (κ3) is 7.20. The van der Waals surface area contributed by atoms with Crippen LogP contribution in [0, 0.1) is 11.7 Å². The zero-order valence-corrected chi connectivity index (χ0v) is 13.8. The van der Waals surface area contributed by atoms with E-state index in [0.29, 0.717) is 18.9 Å². The van der Waals surface area contributed by atoms with Gasteiger partial charge in [-0.15, -0.1) is 0 Å². The van der Waals surface area contributed by atoms with Crippen LogP contribution in [0.15, 0.2) is 18.2 Å². The van der Waals surface area contributed by atoms with Gasteiger partial charge >= 0.3 is 0 Å². The zero-order valence-electron chi connectivity index (χ0n) is 13.0. The Kier molecular flexibility index (Phi) is 7.78. The lowest BCUT2D eigenvalue weighted by Gasteiger charge is -2.11. The van der Waals surface area contributed by atoms with Crippen LogP contribution in [-0.2, 0) is 16.4 Å². The Morgan fingerprint density at radius 3 is 2.73 bits per heavy atom. The number of ether oxygens (including phenoxy) is 1. The van der Waals surface area contributed by atoms with E-state index in [1.807, 2.05) is 13.8 Å². The molecule has 0 amide bonds. The van der Waals surface area contributed by atoms with Gasteiger partial charge in [0.15, 0.2) is 11.6 Å². The summed E-state index contributed by atoms with van der Waals surface area (Å²) >= 11 is 0. The Labute approximate surface area is 131 Å². The van der Waals surface area contributed by atoms with Gasteiger partial charge in [0.05, 0.1) is 12.4 Å². The van der Waals surface area contributed by atoms with Gasteiger partial charge in [0, 0.05) is 13.2 Å². The highest BCUT2D eigenvalue weighted by molar-refractivity contribution is 7.89. The van der Waals surface area contributed by atoms with Crippen LogP contribution in [-0.4, -0.2) is 39.0 Å². The first-order chi connectivity index (χ1) is 10.3. The fraction of sp³-hybridized carbons (Fsp3) is 0.600. The number of halogens is 1. The molecule has 0 atom stereocenters. The Morgan fingerprint density at radius 2 is 2.09 bits per heavy atom. The van der Waals surface area contributed by atoms with Gasteiger partial charge in [-0.3, -0.25) is 0 Å². The van der Waals surface area contributed by atoms with Crippen LogP contribution in [0.5, 0.6) is 5.75 Å². The van der Waals surface area contributed by atoms with Gasteiger partial charge in [-0.05, 0) is 36.5 Å². The van der Waals surface area contributed by atoms with Crippen molar-refractivity contribution in [2.45, 2.75) is 26.7 Å². The summed E-state index contributed by atoms with van der Waals surface area (Å²) < 4.78 is 44.6.